The molecule has 2 rings (SSSR count). The van der Waals surface area contributed by atoms with Gasteiger partial charge in [-0.15, -0.1) is 0 Å². The van der Waals surface area contributed by atoms with Crippen molar-refractivity contribution >= 4 is 17.7 Å². The normalized spacial score (nSPS) is 10.0. The third kappa shape index (κ3) is 4.47. The minimum Gasteiger partial charge on any atom is -0.496 e. The fraction of sp³-hybridized carbons (Fsp3) is 0.176. The summed E-state index contributed by atoms with van der Waals surface area (Å²) in [4.78, 5) is 23.0. The minimum absolute atomic E-state index is 0.0944. The summed E-state index contributed by atoms with van der Waals surface area (Å²) in [6, 6.07) is 11.3. The number of aryl methyl sites for hydroxylation is 1. The SMILES string of the molecule is COc1ccc(C)cc1COC(=O)c1cccc(NC(N)=O)c1. The second-order valence-corrected chi connectivity index (χ2v) is 4.96. The van der Waals surface area contributed by atoms with Crippen LogP contribution in [0.4, 0.5) is 10.5 Å². The molecule has 0 saturated carbocycles. The van der Waals surface area contributed by atoms with Gasteiger partial charge in [0.15, 0.2) is 0 Å². The molecule has 0 heterocycles. The van der Waals surface area contributed by atoms with Gasteiger partial charge in [-0.2, -0.15) is 0 Å². The molecule has 0 radical (unpaired) electrons. The summed E-state index contributed by atoms with van der Waals surface area (Å²) in [6.45, 7) is 2.04. The third-order valence-electron chi connectivity index (χ3n) is 3.16. The van der Waals surface area contributed by atoms with Gasteiger partial charge in [-0.1, -0.05) is 17.7 Å². The molecular weight excluding hydrogens is 296 g/mol. The molecule has 3 N–H and O–H groups in total. The molecule has 2 aromatic rings. The molecule has 0 aromatic heterocycles. The van der Waals surface area contributed by atoms with Gasteiger partial charge in [0, 0.05) is 11.3 Å². The van der Waals surface area contributed by atoms with E-state index in [1.165, 1.54) is 6.07 Å². The van der Waals surface area contributed by atoms with Crippen molar-refractivity contribution in [2.24, 2.45) is 5.73 Å². The van der Waals surface area contributed by atoms with E-state index in [0.717, 1.165) is 11.1 Å². The monoisotopic (exact) mass is 314 g/mol. The number of amides is 2. The van der Waals surface area contributed by atoms with E-state index in [0.29, 0.717) is 17.0 Å². The molecule has 0 fully saturated rings. The van der Waals surface area contributed by atoms with Crippen molar-refractivity contribution in [3.63, 3.8) is 0 Å². The lowest BCUT2D eigenvalue weighted by Gasteiger charge is -2.11. The van der Waals surface area contributed by atoms with Crippen LogP contribution in [-0.4, -0.2) is 19.1 Å². The molecule has 0 spiro atoms. The Labute approximate surface area is 134 Å². The topological polar surface area (TPSA) is 90.7 Å². The van der Waals surface area contributed by atoms with Crippen LogP contribution in [0.25, 0.3) is 0 Å². The maximum atomic E-state index is 12.1. The average Bonchev–Trinajstić information content (AvgIpc) is 2.52. The van der Waals surface area contributed by atoms with Crippen molar-refractivity contribution in [3.8, 4) is 5.75 Å². The number of urea groups is 1. The Balaban J connectivity index is 2.08. The van der Waals surface area contributed by atoms with Crippen LogP contribution in [0.5, 0.6) is 5.75 Å². The number of primary amides is 1. The highest BCUT2D eigenvalue weighted by Crippen LogP contribution is 2.21. The summed E-state index contributed by atoms with van der Waals surface area (Å²) in [6.07, 6.45) is 0. The highest BCUT2D eigenvalue weighted by molar-refractivity contribution is 5.93. The van der Waals surface area contributed by atoms with Crippen molar-refractivity contribution in [1.82, 2.24) is 0 Å². The summed E-state index contributed by atoms with van der Waals surface area (Å²) in [5.41, 5.74) is 7.63. The molecule has 0 unspecified atom stereocenters. The van der Waals surface area contributed by atoms with Crippen LogP contribution in [0.1, 0.15) is 21.5 Å². The molecule has 0 saturated heterocycles. The molecule has 2 aromatic carbocycles. The standard InChI is InChI=1S/C17H18N2O4/c1-11-6-7-15(22-2)13(8-11)10-23-16(20)12-4-3-5-14(9-12)19-17(18)21/h3-9H,10H2,1-2H3,(H3,18,19,21). The Morgan fingerprint density at radius 2 is 1.96 bits per heavy atom. The number of carbonyl (C=O) groups is 2. The third-order valence-corrected chi connectivity index (χ3v) is 3.16. The quantitative estimate of drug-likeness (QED) is 0.830. The van der Waals surface area contributed by atoms with Crippen LogP contribution >= 0.6 is 0 Å². The summed E-state index contributed by atoms with van der Waals surface area (Å²) in [5, 5.41) is 2.41. The zero-order valence-electron chi connectivity index (χ0n) is 13.0. The number of hydrogen-bond donors (Lipinski definition) is 2. The van der Waals surface area contributed by atoms with E-state index in [2.05, 4.69) is 5.32 Å². The van der Waals surface area contributed by atoms with Crippen molar-refractivity contribution in [2.45, 2.75) is 13.5 Å². The van der Waals surface area contributed by atoms with Crippen molar-refractivity contribution in [3.05, 3.63) is 59.2 Å². The lowest BCUT2D eigenvalue weighted by molar-refractivity contribution is 0.0470. The predicted molar refractivity (Wildman–Crippen MR) is 86.5 cm³/mol. The lowest BCUT2D eigenvalue weighted by atomic mass is 10.1. The van der Waals surface area contributed by atoms with Gasteiger partial charge in [-0.3, -0.25) is 0 Å². The number of ether oxygens (including phenoxy) is 2. The van der Waals surface area contributed by atoms with E-state index in [9.17, 15) is 9.59 Å². The second kappa shape index (κ2) is 7.31. The average molecular weight is 314 g/mol. The second-order valence-electron chi connectivity index (χ2n) is 4.96. The molecule has 0 aliphatic heterocycles. The number of hydrogen-bond acceptors (Lipinski definition) is 4. The number of nitrogens with one attached hydrogen (secondary N) is 1. The summed E-state index contributed by atoms with van der Waals surface area (Å²) in [5.74, 6) is 0.161. The van der Waals surface area contributed by atoms with Gasteiger partial charge in [0.05, 0.1) is 12.7 Å². The minimum atomic E-state index is -0.694. The highest BCUT2D eigenvalue weighted by atomic mass is 16.5. The predicted octanol–water partition coefficient (Wildman–Crippen LogP) is 2.85. The molecule has 0 aliphatic carbocycles. The van der Waals surface area contributed by atoms with Crippen LogP contribution in [0.15, 0.2) is 42.5 Å². The fourth-order valence-electron chi connectivity index (χ4n) is 2.11. The van der Waals surface area contributed by atoms with E-state index in [1.54, 1.807) is 25.3 Å². The summed E-state index contributed by atoms with van der Waals surface area (Å²) >= 11 is 0. The van der Waals surface area contributed by atoms with E-state index < -0.39 is 12.0 Å². The Kier molecular flexibility index (Phi) is 5.19. The van der Waals surface area contributed by atoms with Gasteiger partial charge in [0.1, 0.15) is 12.4 Å². The number of carbonyl (C=O) groups excluding carboxylic acids is 2. The number of rotatable bonds is 5. The molecule has 0 aliphatic rings. The van der Waals surface area contributed by atoms with Crippen LogP contribution in [-0.2, 0) is 11.3 Å². The van der Waals surface area contributed by atoms with Crippen LogP contribution < -0.4 is 15.8 Å². The maximum Gasteiger partial charge on any atom is 0.338 e. The van der Waals surface area contributed by atoms with Gasteiger partial charge < -0.3 is 20.5 Å². The van der Waals surface area contributed by atoms with E-state index in [4.69, 9.17) is 15.2 Å². The Hall–Kier alpha value is -3.02. The molecule has 6 heteroatoms. The summed E-state index contributed by atoms with van der Waals surface area (Å²) < 4.78 is 10.6. The molecule has 120 valence electrons. The summed E-state index contributed by atoms with van der Waals surface area (Å²) in [7, 11) is 1.56. The highest BCUT2D eigenvalue weighted by Gasteiger charge is 2.11. The van der Waals surface area contributed by atoms with E-state index >= 15 is 0 Å². The first kappa shape index (κ1) is 16.4. The van der Waals surface area contributed by atoms with Crippen LogP contribution in [0, 0.1) is 6.92 Å². The molecule has 23 heavy (non-hydrogen) atoms. The first-order chi connectivity index (χ1) is 11.0. The van der Waals surface area contributed by atoms with Crippen molar-refractivity contribution < 1.29 is 19.1 Å². The zero-order chi connectivity index (χ0) is 16.8. The largest absolute Gasteiger partial charge is 0.496 e. The van der Waals surface area contributed by atoms with Crippen molar-refractivity contribution in [1.29, 1.82) is 0 Å². The van der Waals surface area contributed by atoms with Gasteiger partial charge in [-0.05, 0) is 37.3 Å². The Morgan fingerprint density at radius 1 is 1.17 bits per heavy atom. The number of methoxy groups -OCH3 is 1. The van der Waals surface area contributed by atoms with Crippen LogP contribution in [0.3, 0.4) is 0 Å². The van der Waals surface area contributed by atoms with Gasteiger partial charge in [0.25, 0.3) is 0 Å². The maximum absolute atomic E-state index is 12.1. The van der Waals surface area contributed by atoms with Crippen LogP contribution in [0.2, 0.25) is 0 Å². The fourth-order valence-corrected chi connectivity index (χ4v) is 2.11. The number of benzene rings is 2. The number of anilines is 1. The van der Waals surface area contributed by atoms with Crippen molar-refractivity contribution in [2.75, 3.05) is 12.4 Å². The van der Waals surface area contributed by atoms with E-state index in [1.807, 2.05) is 25.1 Å². The van der Waals surface area contributed by atoms with Gasteiger partial charge in [0.2, 0.25) is 0 Å². The molecular formula is C17H18N2O4. The Bertz CT molecular complexity index is 728. The molecule has 2 amide bonds. The molecule has 0 bridgehead atoms. The molecule has 6 nitrogen and oxygen atoms in total. The smallest absolute Gasteiger partial charge is 0.338 e. The lowest BCUT2D eigenvalue weighted by Crippen LogP contribution is -2.19. The Morgan fingerprint density at radius 3 is 2.65 bits per heavy atom. The number of esters is 1. The van der Waals surface area contributed by atoms with E-state index in [-0.39, 0.29) is 6.61 Å². The zero-order valence-corrected chi connectivity index (χ0v) is 13.0. The number of nitrogens with two attached hydrogens (primary N) is 1. The van der Waals surface area contributed by atoms with Gasteiger partial charge >= 0.3 is 12.0 Å². The first-order valence-corrected chi connectivity index (χ1v) is 6.97. The van der Waals surface area contributed by atoms with Gasteiger partial charge in [-0.25, -0.2) is 9.59 Å². The molecule has 0 atom stereocenters. The first-order valence-electron chi connectivity index (χ1n) is 6.97.